The fourth-order valence-corrected chi connectivity index (χ4v) is 4.06. The van der Waals surface area contributed by atoms with Crippen LogP contribution >= 0.6 is 11.8 Å². The van der Waals surface area contributed by atoms with Crippen LogP contribution in [-0.2, 0) is 6.42 Å². The van der Waals surface area contributed by atoms with E-state index in [-0.39, 0.29) is 0 Å². The summed E-state index contributed by atoms with van der Waals surface area (Å²) in [7, 11) is 0. The van der Waals surface area contributed by atoms with Gasteiger partial charge in [0.05, 0.1) is 11.4 Å². The molecule has 4 nitrogen and oxygen atoms in total. The summed E-state index contributed by atoms with van der Waals surface area (Å²) in [5, 5.41) is 0. The minimum atomic E-state index is 0.436. The fraction of sp³-hybridized carbons (Fsp3) is 0.450. The van der Waals surface area contributed by atoms with Gasteiger partial charge in [0.1, 0.15) is 11.4 Å². The molecule has 4 N–H and O–H groups in total. The Bertz CT molecular complexity index is 706. The molecule has 1 atom stereocenters. The van der Waals surface area contributed by atoms with Crippen LogP contribution in [0.5, 0.6) is 11.6 Å². The van der Waals surface area contributed by atoms with Crippen LogP contribution in [0.1, 0.15) is 49.3 Å². The van der Waals surface area contributed by atoms with Crippen LogP contribution in [-0.4, -0.2) is 17.0 Å². The third-order valence-corrected chi connectivity index (χ3v) is 5.54. The molecule has 2 aromatic rings. The maximum Gasteiger partial charge on any atom is 0.245 e. The first kappa shape index (κ1) is 17.9. The quantitative estimate of drug-likeness (QED) is 0.683. The van der Waals surface area contributed by atoms with Gasteiger partial charge in [-0.15, -0.1) is 0 Å². The molecule has 5 heteroatoms. The predicted molar refractivity (Wildman–Crippen MR) is 107 cm³/mol. The van der Waals surface area contributed by atoms with Gasteiger partial charge in [0.2, 0.25) is 5.88 Å². The first-order valence-corrected chi connectivity index (χ1v) is 10.4. The monoisotopic (exact) mass is 357 g/mol. The van der Waals surface area contributed by atoms with Crippen molar-refractivity contribution in [1.29, 1.82) is 0 Å². The normalized spacial score (nSPS) is 16.4. The zero-order valence-electron chi connectivity index (χ0n) is 14.8. The van der Waals surface area contributed by atoms with Gasteiger partial charge >= 0.3 is 0 Å². The molecule has 1 unspecified atom stereocenters. The summed E-state index contributed by atoms with van der Waals surface area (Å²) >= 11 is 1.91. The number of benzene rings is 1. The lowest BCUT2D eigenvalue weighted by atomic mass is 9.81. The summed E-state index contributed by atoms with van der Waals surface area (Å²) in [6.07, 6.45) is 9.09. The van der Waals surface area contributed by atoms with Crippen LogP contribution in [0.25, 0.3) is 0 Å². The Morgan fingerprint density at radius 1 is 1.16 bits per heavy atom. The Morgan fingerprint density at radius 3 is 2.72 bits per heavy atom. The van der Waals surface area contributed by atoms with Gasteiger partial charge in [0, 0.05) is 5.56 Å². The lowest BCUT2D eigenvalue weighted by Gasteiger charge is -2.27. The van der Waals surface area contributed by atoms with Crippen molar-refractivity contribution in [3.8, 4) is 11.6 Å². The summed E-state index contributed by atoms with van der Waals surface area (Å²) in [5.74, 6) is 2.86. The Kier molecular flexibility index (Phi) is 6.08. The van der Waals surface area contributed by atoms with E-state index in [2.05, 4.69) is 6.26 Å². The highest BCUT2D eigenvalue weighted by molar-refractivity contribution is 7.98. The number of ether oxygens (including phenoxy) is 1. The van der Waals surface area contributed by atoms with Crippen molar-refractivity contribution in [3.63, 3.8) is 0 Å². The van der Waals surface area contributed by atoms with E-state index in [1.807, 2.05) is 42.1 Å². The molecule has 0 fully saturated rings. The first-order valence-electron chi connectivity index (χ1n) is 9.00. The summed E-state index contributed by atoms with van der Waals surface area (Å²) in [4.78, 5) is 4.73. The zero-order valence-corrected chi connectivity index (χ0v) is 15.6. The predicted octanol–water partition coefficient (Wildman–Crippen LogP) is 4.99. The van der Waals surface area contributed by atoms with E-state index < -0.39 is 0 Å². The third-order valence-electron chi connectivity index (χ3n) is 4.84. The van der Waals surface area contributed by atoms with Gasteiger partial charge in [-0.3, -0.25) is 0 Å². The van der Waals surface area contributed by atoms with Crippen molar-refractivity contribution in [2.75, 3.05) is 23.5 Å². The minimum absolute atomic E-state index is 0.436. The number of nitrogens with zero attached hydrogens (tertiary/aromatic N) is 1. The van der Waals surface area contributed by atoms with E-state index >= 15 is 0 Å². The van der Waals surface area contributed by atoms with Crippen LogP contribution in [0.4, 0.5) is 11.4 Å². The fourth-order valence-electron chi connectivity index (χ4n) is 3.57. The molecule has 1 heterocycles. The van der Waals surface area contributed by atoms with Gasteiger partial charge in [-0.25, -0.2) is 4.98 Å². The first-order chi connectivity index (χ1) is 12.2. The number of unbranched alkanes of at least 4 members (excludes halogenated alkanes) is 1. The maximum absolute atomic E-state index is 6.43. The smallest absolute Gasteiger partial charge is 0.245 e. The van der Waals surface area contributed by atoms with E-state index in [0.29, 0.717) is 23.2 Å². The number of hydrogen-bond acceptors (Lipinski definition) is 5. The number of rotatable bonds is 7. The van der Waals surface area contributed by atoms with Crippen molar-refractivity contribution in [1.82, 2.24) is 4.98 Å². The Hall–Kier alpha value is -1.88. The second-order valence-electron chi connectivity index (χ2n) is 6.60. The highest BCUT2D eigenvalue weighted by Gasteiger charge is 2.27. The molecule has 0 saturated heterocycles. The lowest BCUT2D eigenvalue weighted by molar-refractivity contribution is 0.452. The Balaban J connectivity index is 1.83. The number of nitrogen functional groups attached to an aromatic ring is 2. The molecule has 1 aromatic heterocycles. The molecular formula is C20H27N3OS. The number of para-hydroxylation sites is 1. The number of thioether (sulfide) groups is 1. The number of hydrogen-bond donors (Lipinski definition) is 2. The van der Waals surface area contributed by atoms with Crippen molar-refractivity contribution in [2.24, 2.45) is 0 Å². The zero-order chi connectivity index (χ0) is 17.6. The van der Waals surface area contributed by atoms with Crippen molar-refractivity contribution in [3.05, 3.63) is 41.6 Å². The van der Waals surface area contributed by atoms with E-state index in [9.17, 15) is 0 Å². The number of nitrogens with two attached hydrogens (primary N) is 2. The van der Waals surface area contributed by atoms with E-state index in [4.69, 9.17) is 21.2 Å². The van der Waals surface area contributed by atoms with Gasteiger partial charge in [-0.1, -0.05) is 24.6 Å². The highest BCUT2D eigenvalue weighted by Crippen LogP contribution is 2.43. The molecule has 0 saturated carbocycles. The Morgan fingerprint density at radius 2 is 1.96 bits per heavy atom. The standard InChI is InChI=1S/C20H27N3OS/c1-25-13-6-5-8-14-9-7-12-16-17(14)18(21)19(22)20(23-16)24-15-10-3-2-4-11-15/h2-4,10-11,14H,5-9,12-13,22H2,1H3,(H2,21,23). The molecule has 0 bridgehead atoms. The molecule has 1 aromatic carbocycles. The van der Waals surface area contributed by atoms with Crippen molar-refractivity contribution >= 4 is 23.1 Å². The molecule has 0 spiro atoms. The molecule has 0 radical (unpaired) electrons. The Labute approximate surface area is 154 Å². The van der Waals surface area contributed by atoms with Gasteiger partial charge in [-0.2, -0.15) is 11.8 Å². The average Bonchev–Trinajstić information content (AvgIpc) is 2.64. The van der Waals surface area contributed by atoms with Crippen molar-refractivity contribution in [2.45, 2.75) is 44.4 Å². The van der Waals surface area contributed by atoms with Crippen LogP contribution in [0.3, 0.4) is 0 Å². The molecule has 134 valence electrons. The number of anilines is 2. The van der Waals surface area contributed by atoms with Gasteiger partial charge in [-0.05, 0) is 62.2 Å². The number of pyridine rings is 1. The number of aryl methyl sites for hydroxylation is 1. The van der Waals surface area contributed by atoms with Crippen LogP contribution in [0.15, 0.2) is 30.3 Å². The maximum atomic E-state index is 6.43. The molecule has 0 aliphatic heterocycles. The second-order valence-corrected chi connectivity index (χ2v) is 7.58. The van der Waals surface area contributed by atoms with Gasteiger partial charge < -0.3 is 16.2 Å². The second kappa shape index (κ2) is 8.48. The average molecular weight is 358 g/mol. The topological polar surface area (TPSA) is 74.2 Å². The largest absolute Gasteiger partial charge is 0.437 e. The van der Waals surface area contributed by atoms with E-state index in [1.54, 1.807) is 0 Å². The van der Waals surface area contributed by atoms with Crippen LogP contribution in [0.2, 0.25) is 0 Å². The third kappa shape index (κ3) is 4.21. The van der Waals surface area contributed by atoms with Gasteiger partial charge in [0.15, 0.2) is 0 Å². The number of fused-ring (bicyclic) bond motifs is 1. The molecule has 1 aliphatic rings. The number of aromatic nitrogens is 1. The molecule has 1 aliphatic carbocycles. The summed E-state index contributed by atoms with van der Waals surface area (Å²) < 4.78 is 5.89. The summed E-state index contributed by atoms with van der Waals surface area (Å²) in [5.41, 5.74) is 16.1. The van der Waals surface area contributed by atoms with E-state index in [0.717, 1.165) is 30.7 Å². The molecule has 3 rings (SSSR count). The van der Waals surface area contributed by atoms with E-state index in [1.165, 1.54) is 30.6 Å². The highest BCUT2D eigenvalue weighted by atomic mass is 32.2. The van der Waals surface area contributed by atoms with Crippen LogP contribution in [0, 0.1) is 0 Å². The minimum Gasteiger partial charge on any atom is -0.437 e. The SMILES string of the molecule is CSCCCCC1CCCc2nc(Oc3ccccc3)c(N)c(N)c21. The summed E-state index contributed by atoms with van der Waals surface area (Å²) in [6, 6.07) is 9.60. The molecule has 0 amide bonds. The van der Waals surface area contributed by atoms with Gasteiger partial charge in [0.25, 0.3) is 0 Å². The van der Waals surface area contributed by atoms with Crippen LogP contribution < -0.4 is 16.2 Å². The molecule has 25 heavy (non-hydrogen) atoms. The lowest BCUT2D eigenvalue weighted by Crippen LogP contribution is -2.17. The summed E-state index contributed by atoms with van der Waals surface area (Å²) in [6.45, 7) is 0. The molecular weight excluding hydrogens is 330 g/mol. The van der Waals surface area contributed by atoms with Crippen molar-refractivity contribution < 1.29 is 4.74 Å².